The molecule has 0 amide bonds. The number of benzene rings is 2. The SMILES string of the molecule is NS(=O)(=O)c1ccc(C#Cc2cnn3c(C(F)F)cc(-c4cccc(C(F)(F)F)c4)nc23)cc1. The number of alkyl halides is 5. The van der Waals surface area contributed by atoms with Gasteiger partial charge in [-0.05, 0) is 42.5 Å². The summed E-state index contributed by atoms with van der Waals surface area (Å²) >= 11 is 0. The van der Waals surface area contributed by atoms with Crippen LogP contribution in [0.25, 0.3) is 16.9 Å². The van der Waals surface area contributed by atoms with Gasteiger partial charge in [-0.25, -0.2) is 31.8 Å². The maximum Gasteiger partial charge on any atom is 0.416 e. The summed E-state index contributed by atoms with van der Waals surface area (Å²) in [5.41, 5.74) is -1.14. The molecule has 6 nitrogen and oxygen atoms in total. The molecular formula is C22H13F5N4O2S. The Morgan fingerprint density at radius 1 is 1.00 bits per heavy atom. The van der Waals surface area contributed by atoms with Gasteiger partial charge in [-0.15, -0.1) is 0 Å². The van der Waals surface area contributed by atoms with Gasteiger partial charge in [0.1, 0.15) is 5.69 Å². The van der Waals surface area contributed by atoms with E-state index in [1.54, 1.807) is 0 Å². The Kier molecular flexibility index (Phi) is 5.84. The number of sulfonamides is 1. The van der Waals surface area contributed by atoms with Crippen molar-refractivity contribution < 1.29 is 30.4 Å². The van der Waals surface area contributed by atoms with Crippen LogP contribution in [0.1, 0.15) is 28.8 Å². The normalized spacial score (nSPS) is 12.1. The summed E-state index contributed by atoms with van der Waals surface area (Å²) in [5.74, 6) is 5.46. The van der Waals surface area contributed by atoms with Gasteiger partial charge < -0.3 is 0 Å². The van der Waals surface area contributed by atoms with E-state index in [-0.39, 0.29) is 27.4 Å². The van der Waals surface area contributed by atoms with E-state index >= 15 is 0 Å². The fourth-order valence-corrected chi connectivity index (χ4v) is 3.62. The second-order valence-corrected chi connectivity index (χ2v) is 8.62. The number of aromatic nitrogens is 3. The predicted octanol–water partition coefficient (Wildman–Crippen LogP) is 4.40. The standard InChI is InChI=1S/C22H13F5N4O2S/c23-20(24)19-11-18(14-2-1-3-16(10-14)22(25,26)27)30-21-15(12-29-31(19)21)7-4-13-5-8-17(9-6-13)34(28,32)33/h1-3,5-6,8-12,20H,(H2,28,32,33). The highest BCUT2D eigenvalue weighted by atomic mass is 32.2. The lowest BCUT2D eigenvalue weighted by Gasteiger charge is -2.10. The van der Waals surface area contributed by atoms with Gasteiger partial charge in [0, 0.05) is 11.1 Å². The molecular weight excluding hydrogens is 479 g/mol. The second kappa shape index (κ2) is 8.51. The number of fused-ring (bicyclic) bond motifs is 1. The average Bonchev–Trinajstić information content (AvgIpc) is 3.19. The van der Waals surface area contributed by atoms with Crippen LogP contribution in [0.15, 0.2) is 65.7 Å². The number of primary sulfonamides is 1. The molecule has 0 atom stereocenters. The maximum absolute atomic E-state index is 13.7. The summed E-state index contributed by atoms with van der Waals surface area (Å²) in [6.07, 6.45) is -6.39. The number of halogens is 5. The van der Waals surface area contributed by atoms with Crippen LogP contribution < -0.4 is 5.14 Å². The summed E-state index contributed by atoms with van der Waals surface area (Å²) in [6.45, 7) is 0. The molecule has 0 spiro atoms. The molecule has 0 saturated heterocycles. The molecule has 2 heterocycles. The van der Waals surface area contributed by atoms with Crippen molar-refractivity contribution in [2.45, 2.75) is 17.5 Å². The third-order valence-corrected chi connectivity index (χ3v) is 5.66. The molecule has 12 heteroatoms. The smallest absolute Gasteiger partial charge is 0.227 e. The van der Waals surface area contributed by atoms with E-state index in [4.69, 9.17) is 5.14 Å². The van der Waals surface area contributed by atoms with Crippen molar-refractivity contribution in [1.82, 2.24) is 14.6 Å². The maximum atomic E-state index is 13.7. The molecule has 0 fully saturated rings. The molecule has 0 saturated carbocycles. The van der Waals surface area contributed by atoms with Crippen molar-refractivity contribution in [2.24, 2.45) is 5.14 Å². The van der Waals surface area contributed by atoms with Crippen LogP contribution in [0.4, 0.5) is 22.0 Å². The van der Waals surface area contributed by atoms with Crippen LogP contribution in [0, 0.1) is 11.8 Å². The number of nitrogens with zero attached hydrogens (tertiary/aromatic N) is 3. The summed E-state index contributed by atoms with van der Waals surface area (Å²) in [7, 11) is -3.88. The first-order valence-electron chi connectivity index (χ1n) is 9.43. The first kappa shape index (κ1) is 23.3. The van der Waals surface area contributed by atoms with Crippen LogP contribution in [0.5, 0.6) is 0 Å². The zero-order chi connectivity index (χ0) is 24.7. The zero-order valence-corrected chi connectivity index (χ0v) is 17.7. The van der Waals surface area contributed by atoms with Crippen LogP contribution in [0.2, 0.25) is 0 Å². The number of nitrogens with two attached hydrogens (primary N) is 1. The Balaban J connectivity index is 1.81. The van der Waals surface area contributed by atoms with E-state index in [1.165, 1.54) is 36.5 Å². The molecule has 4 aromatic rings. The van der Waals surface area contributed by atoms with Gasteiger partial charge in [0.05, 0.1) is 27.9 Å². The Morgan fingerprint density at radius 2 is 1.71 bits per heavy atom. The van der Waals surface area contributed by atoms with Gasteiger partial charge in [0.25, 0.3) is 6.43 Å². The minimum atomic E-state index is -4.61. The van der Waals surface area contributed by atoms with Gasteiger partial charge in [0.15, 0.2) is 5.65 Å². The topological polar surface area (TPSA) is 90.4 Å². The molecule has 0 unspecified atom stereocenters. The highest BCUT2D eigenvalue weighted by Gasteiger charge is 2.30. The molecule has 0 bridgehead atoms. The van der Waals surface area contributed by atoms with Gasteiger partial charge in [0.2, 0.25) is 10.0 Å². The molecule has 0 radical (unpaired) electrons. The number of rotatable bonds is 3. The lowest BCUT2D eigenvalue weighted by atomic mass is 10.1. The van der Waals surface area contributed by atoms with Crippen molar-refractivity contribution >= 4 is 15.7 Å². The van der Waals surface area contributed by atoms with E-state index in [0.29, 0.717) is 5.56 Å². The van der Waals surface area contributed by atoms with Crippen LogP contribution in [-0.2, 0) is 16.2 Å². The summed E-state index contributed by atoms with van der Waals surface area (Å²) < 4.78 is 90.2. The molecule has 174 valence electrons. The zero-order valence-electron chi connectivity index (χ0n) is 16.9. The van der Waals surface area contributed by atoms with Crippen LogP contribution in [0.3, 0.4) is 0 Å². The largest absolute Gasteiger partial charge is 0.416 e. The van der Waals surface area contributed by atoms with Crippen LogP contribution >= 0.6 is 0 Å². The van der Waals surface area contributed by atoms with E-state index in [1.807, 2.05) is 0 Å². The lowest BCUT2D eigenvalue weighted by Crippen LogP contribution is -2.11. The highest BCUT2D eigenvalue weighted by Crippen LogP contribution is 2.33. The van der Waals surface area contributed by atoms with Crippen molar-refractivity contribution in [3.05, 3.63) is 83.2 Å². The van der Waals surface area contributed by atoms with Crippen molar-refractivity contribution in [2.75, 3.05) is 0 Å². The van der Waals surface area contributed by atoms with Crippen molar-refractivity contribution in [3.63, 3.8) is 0 Å². The average molecular weight is 492 g/mol. The summed E-state index contributed by atoms with van der Waals surface area (Å²) in [6, 6.07) is 10.5. The van der Waals surface area contributed by atoms with Crippen molar-refractivity contribution in [3.8, 4) is 23.1 Å². The quantitative estimate of drug-likeness (QED) is 0.339. The molecule has 0 aliphatic rings. The molecule has 2 aromatic carbocycles. The number of hydrogen-bond acceptors (Lipinski definition) is 4. The molecule has 2 N–H and O–H groups in total. The van der Waals surface area contributed by atoms with E-state index in [2.05, 4.69) is 21.9 Å². The minimum Gasteiger partial charge on any atom is -0.227 e. The van der Waals surface area contributed by atoms with Crippen LogP contribution in [-0.4, -0.2) is 23.0 Å². The molecule has 0 aliphatic heterocycles. The van der Waals surface area contributed by atoms with E-state index in [9.17, 15) is 30.4 Å². The summed E-state index contributed by atoms with van der Waals surface area (Å²) in [5, 5.41) is 8.93. The third kappa shape index (κ3) is 4.75. The second-order valence-electron chi connectivity index (χ2n) is 7.06. The number of hydrogen-bond donors (Lipinski definition) is 1. The Morgan fingerprint density at radius 3 is 2.32 bits per heavy atom. The van der Waals surface area contributed by atoms with E-state index < -0.39 is 33.9 Å². The highest BCUT2D eigenvalue weighted by molar-refractivity contribution is 7.89. The van der Waals surface area contributed by atoms with Gasteiger partial charge in [-0.3, -0.25) is 0 Å². The Hall–Kier alpha value is -3.82. The fraction of sp³-hybridized carbons (Fsp3) is 0.0909. The molecule has 34 heavy (non-hydrogen) atoms. The fourth-order valence-electron chi connectivity index (χ4n) is 3.10. The van der Waals surface area contributed by atoms with Gasteiger partial charge in [-0.1, -0.05) is 24.0 Å². The Bertz CT molecular complexity index is 1550. The molecule has 0 aliphatic carbocycles. The Labute approximate surface area is 189 Å². The summed E-state index contributed by atoms with van der Waals surface area (Å²) in [4.78, 5) is 4.12. The lowest BCUT2D eigenvalue weighted by molar-refractivity contribution is -0.137. The van der Waals surface area contributed by atoms with Gasteiger partial charge >= 0.3 is 6.18 Å². The van der Waals surface area contributed by atoms with Crippen molar-refractivity contribution in [1.29, 1.82) is 0 Å². The molecule has 4 rings (SSSR count). The first-order chi connectivity index (χ1) is 15.9. The first-order valence-corrected chi connectivity index (χ1v) is 11.0. The molecule has 2 aromatic heterocycles. The van der Waals surface area contributed by atoms with E-state index in [0.717, 1.165) is 28.8 Å². The monoisotopic (exact) mass is 492 g/mol. The minimum absolute atomic E-state index is 0.00193. The predicted molar refractivity (Wildman–Crippen MR) is 112 cm³/mol. The van der Waals surface area contributed by atoms with Gasteiger partial charge in [-0.2, -0.15) is 18.3 Å². The third-order valence-electron chi connectivity index (χ3n) is 4.73.